The molecule has 0 unspecified atom stereocenters. The van der Waals surface area contributed by atoms with Crippen LogP contribution >= 0.6 is 0 Å². The molecular formula is C36H53NO4. The van der Waals surface area contributed by atoms with Gasteiger partial charge in [0, 0.05) is 18.0 Å². The highest BCUT2D eigenvalue weighted by Gasteiger charge is 2.20. The molecule has 0 amide bonds. The van der Waals surface area contributed by atoms with E-state index in [1.54, 1.807) is 0 Å². The van der Waals surface area contributed by atoms with E-state index < -0.39 is 0 Å². The lowest BCUT2D eigenvalue weighted by Gasteiger charge is -2.19. The van der Waals surface area contributed by atoms with Gasteiger partial charge in [-0.25, -0.2) is 0 Å². The van der Waals surface area contributed by atoms with Gasteiger partial charge in [-0.05, 0) is 37.0 Å². The zero-order chi connectivity index (χ0) is 29.1. The van der Waals surface area contributed by atoms with Gasteiger partial charge in [-0.3, -0.25) is 4.79 Å². The molecule has 41 heavy (non-hydrogen) atoms. The molecule has 5 heteroatoms. The Hall–Kier alpha value is -2.95. The molecule has 0 aliphatic rings. The van der Waals surface area contributed by atoms with Crippen molar-refractivity contribution in [2.75, 3.05) is 13.2 Å². The average Bonchev–Trinajstić information content (AvgIpc) is 3.00. The second-order valence-corrected chi connectivity index (χ2v) is 11.2. The molecule has 2 aromatic carbocycles. The second kappa shape index (κ2) is 19.2. The van der Waals surface area contributed by atoms with Gasteiger partial charge in [0.2, 0.25) is 5.75 Å². The van der Waals surface area contributed by atoms with Crippen molar-refractivity contribution in [1.82, 2.24) is 4.57 Å². The Labute approximate surface area is 248 Å². The standard InChI is InChI=1S/C36H53NO4/c1-4-7-10-12-14-19-25-37-33-28-31(41-29-30-21-17-16-18-22-30)23-24-32(33)34(39-26-9-6-3)35(36(37)38)40-27-20-15-13-11-8-5-2/h16-18,21-24,28H,4-15,19-20,25-27,29H2,1-3H3. The normalized spacial score (nSPS) is 11.2. The first-order valence-electron chi connectivity index (χ1n) is 16.3. The Morgan fingerprint density at radius 1 is 0.610 bits per heavy atom. The van der Waals surface area contributed by atoms with E-state index in [2.05, 4.69) is 32.9 Å². The van der Waals surface area contributed by atoms with Crippen molar-refractivity contribution in [2.24, 2.45) is 0 Å². The molecule has 0 radical (unpaired) electrons. The number of benzene rings is 2. The van der Waals surface area contributed by atoms with Gasteiger partial charge >= 0.3 is 0 Å². The summed E-state index contributed by atoms with van der Waals surface area (Å²) in [6.07, 6.45) is 16.0. The zero-order valence-electron chi connectivity index (χ0n) is 25.9. The number of rotatable bonds is 22. The van der Waals surface area contributed by atoms with Gasteiger partial charge in [0.25, 0.3) is 5.56 Å². The fourth-order valence-corrected chi connectivity index (χ4v) is 5.13. The molecular weight excluding hydrogens is 510 g/mol. The van der Waals surface area contributed by atoms with E-state index in [0.29, 0.717) is 37.9 Å². The molecule has 226 valence electrons. The first-order valence-corrected chi connectivity index (χ1v) is 16.3. The van der Waals surface area contributed by atoms with Crippen molar-refractivity contribution in [2.45, 2.75) is 124 Å². The molecule has 0 saturated carbocycles. The van der Waals surface area contributed by atoms with Crippen LogP contribution in [-0.4, -0.2) is 17.8 Å². The highest BCUT2D eigenvalue weighted by atomic mass is 16.5. The maximum Gasteiger partial charge on any atom is 0.297 e. The summed E-state index contributed by atoms with van der Waals surface area (Å²) in [5, 5.41) is 0.914. The van der Waals surface area contributed by atoms with Crippen molar-refractivity contribution in [3.8, 4) is 17.2 Å². The Kier molecular flexibility index (Phi) is 15.3. The Morgan fingerprint density at radius 3 is 1.93 bits per heavy atom. The van der Waals surface area contributed by atoms with Gasteiger partial charge in [0.15, 0.2) is 5.75 Å². The van der Waals surface area contributed by atoms with Gasteiger partial charge < -0.3 is 18.8 Å². The lowest BCUT2D eigenvalue weighted by atomic mass is 10.1. The fraction of sp³-hybridized carbons (Fsp3) is 0.583. The van der Waals surface area contributed by atoms with Crippen LogP contribution in [0.4, 0.5) is 0 Å². The number of nitrogens with zero attached hydrogens (tertiary/aromatic N) is 1. The maximum absolute atomic E-state index is 14.0. The van der Waals surface area contributed by atoms with Crippen molar-refractivity contribution in [1.29, 1.82) is 0 Å². The summed E-state index contributed by atoms with van der Waals surface area (Å²) in [6, 6.07) is 16.2. The molecule has 0 aliphatic heterocycles. The van der Waals surface area contributed by atoms with Gasteiger partial charge in [-0.2, -0.15) is 0 Å². The van der Waals surface area contributed by atoms with Crippen LogP contribution in [0.5, 0.6) is 17.2 Å². The summed E-state index contributed by atoms with van der Waals surface area (Å²) < 4.78 is 20.6. The van der Waals surface area contributed by atoms with E-state index in [0.717, 1.165) is 60.7 Å². The predicted molar refractivity (Wildman–Crippen MR) is 172 cm³/mol. The summed E-state index contributed by atoms with van der Waals surface area (Å²) in [7, 11) is 0. The molecule has 0 atom stereocenters. The van der Waals surface area contributed by atoms with Crippen LogP contribution in [0.1, 0.15) is 116 Å². The van der Waals surface area contributed by atoms with Crippen molar-refractivity contribution in [3.05, 3.63) is 64.4 Å². The summed E-state index contributed by atoms with van der Waals surface area (Å²) in [6.45, 7) is 8.85. The van der Waals surface area contributed by atoms with Crippen LogP contribution < -0.4 is 19.8 Å². The SMILES string of the molecule is CCCCCCCCOc1c(OCCCC)c2ccc(OCc3ccccc3)cc2n(CCCCCCCC)c1=O. The van der Waals surface area contributed by atoms with Crippen molar-refractivity contribution >= 4 is 10.9 Å². The van der Waals surface area contributed by atoms with Gasteiger partial charge in [0.05, 0.1) is 18.7 Å². The summed E-state index contributed by atoms with van der Waals surface area (Å²) in [5.74, 6) is 1.70. The minimum Gasteiger partial charge on any atom is -0.489 e. The Morgan fingerprint density at radius 2 is 1.22 bits per heavy atom. The molecule has 0 N–H and O–H groups in total. The predicted octanol–water partition coefficient (Wildman–Crippen LogP) is 9.86. The number of ether oxygens (including phenoxy) is 3. The number of hydrogen-bond donors (Lipinski definition) is 0. The molecule has 3 rings (SSSR count). The highest BCUT2D eigenvalue weighted by molar-refractivity contribution is 5.89. The first-order chi connectivity index (χ1) is 20.2. The molecule has 1 aromatic heterocycles. The largest absolute Gasteiger partial charge is 0.489 e. The summed E-state index contributed by atoms with van der Waals surface area (Å²) >= 11 is 0. The molecule has 0 spiro atoms. The summed E-state index contributed by atoms with van der Waals surface area (Å²) in [4.78, 5) is 14.0. The van der Waals surface area contributed by atoms with E-state index in [-0.39, 0.29) is 5.56 Å². The monoisotopic (exact) mass is 563 g/mol. The maximum atomic E-state index is 14.0. The smallest absolute Gasteiger partial charge is 0.297 e. The van der Waals surface area contributed by atoms with Gasteiger partial charge in [-0.1, -0.05) is 122 Å². The van der Waals surface area contributed by atoms with E-state index >= 15 is 0 Å². The number of pyridine rings is 1. The molecule has 0 bridgehead atoms. The van der Waals surface area contributed by atoms with E-state index in [4.69, 9.17) is 14.2 Å². The molecule has 0 saturated heterocycles. The number of unbranched alkanes of at least 4 members (excludes halogenated alkanes) is 11. The van der Waals surface area contributed by atoms with Crippen molar-refractivity contribution in [3.63, 3.8) is 0 Å². The lowest BCUT2D eigenvalue weighted by molar-refractivity contribution is 0.257. The van der Waals surface area contributed by atoms with Crippen LogP contribution in [0.2, 0.25) is 0 Å². The minimum absolute atomic E-state index is 0.0938. The first kappa shape index (κ1) is 32.6. The van der Waals surface area contributed by atoms with Crippen molar-refractivity contribution < 1.29 is 14.2 Å². The number of fused-ring (bicyclic) bond motifs is 1. The third kappa shape index (κ3) is 10.8. The zero-order valence-corrected chi connectivity index (χ0v) is 25.9. The molecule has 0 fully saturated rings. The number of aromatic nitrogens is 1. The average molecular weight is 564 g/mol. The van der Waals surface area contributed by atoms with Gasteiger partial charge in [0.1, 0.15) is 12.4 Å². The van der Waals surface area contributed by atoms with E-state index in [1.807, 2.05) is 41.0 Å². The van der Waals surface area contributed by atoms with Crippen LogP contribution in [0, 0.1) is 0 Å². The number of aryl methyl sites for hydroxylation is 1. The molecule has 3 aromatic rings. The van der Waals surface area contributed by atoms with Crippen LogP contribution in [0.3, 0.4) is 0 Å². The van der Waals surface area contributed by atoms with E-state index in [1.165, 1.54) is 51.4 Å². The Balaban J connectivity index is 1.90. The highest BCUT2D eigenvalue weighted by Crippen LogP contribution is 2.35. The summed E-state index contributed by atoms with van der Waals surface area (Å²) in [5.41, 5.74) is 1.87. The molecule has 5 nitrogen and oxygen atoms in total. The van der Waals surface area contributed by atoms with Crippen LogP contribution in [0.25, 0.3) is 10.9 Å². The van der Waals surface area contributed by atoms with Gasteiger partial charge in [-0.15, -0.1) is 0 Å². The Bertz CT molecular complexity index is 1190. The topological polar surface area (TPSA) is 49.7 Å². The number of hydrogen-bond acceptors (Lipinski definition) is 4. The quantitative estimate of drug-likeness (QED) is 0.114. The van der Waals surface area contributed by atoms with E-state index in [9.17, 15) is 4.79 Å². The second-order valence-electron chi connectivity index (χ2n) is 11.2. The third-order valence-electron chi connectivity index (χ3n) is 7.62. The molecule has 1 heterocycles. The van der Waals surface area contributed by atoms with Crippen LogP contribution in [-0.2, 0) is 13.2 Å². The minimum atomic E-state index is -0.0938. The lowest BCUT2D eigenvalue weighted by Crippen LogP contribution is -2.24. The molecule has 0 aliphatic carbocycles. The third-order valence-corrected chi connectivity index (χ3v) is 7.62. The van der Waals surface area contributed by atoms with Crippen LogP contribution in [0.15, 0.2) is 53.3 Å². The fourth-order valence-electron chi connectivity index (χ4n) is 5.13.